The molecule has 0 aromatic carbocycles. The summed E-state index contributed by atoms with van der Waals surface area (Å²) in [6.45, 7) is 0. The Morgan fingerprint density at radius 2 is 2.38 bits per heavy atom. The standard InChI is InChI=1S/C3H3N3O2/c1-2-4-3(7)5-6-8/h1H,(H2,4,5,7,8). The molecule has 0 fully saturated rings. The van der Waals surface area contributed by atoms with Crippen LogP contribution in [0.2, 0.25) is 0 Å². The van der Waals surface area contributed by atoms with Gasteiger partial charge >= 0.3 is 6.03 Å². The van der Waals surface area contributed by atoms with Crippen molar-refractivity contribution in [2.24, 2.45) is 5.29 Å². The Balaban J connectivity index is 3.36. The minimum absolute atomic E-state index is 0.803. The monoisotopic (exact) mass is 113 g/mol. The van der Waals surface area contributed by atoms with Gasteiger partial charge in [-0.05, 0) is 0 Å². The van der Waals surface area contributed by atoms with Crippen molar-refractivity contribution in [3.8, 4) is 12.5 Å². The maximum atomic E-state index is 9.98. The summed E-state index contributed by atoms with van der Waals surface area (Å²) in [5, 5.41) is 3.88. The molecule has 0 aliphatic carbocycles. The highest BCUT2D eigenvalue weighted by Crippen LogP contribution is 1.58. The highest BCUT2D eigenvalue weighted by Gasteiger charge is 1.90. The Kier molecular flexibility index (Phi) is 2.90. The lowest BCUT2D eigenvalue weighted by Gasteiger charge is -1.87. The fourth-order valence-electron chi connectivity index (χ4n) is 0.135. The molecule has 0 rings (SSSR count). The van der Waals surface area contributed by atoms with Crippen LogP contribution < -0.4 is 10.7 Å². The van der Waals surface area contributed by atoms with Gasteiger partial charge in [0.1, 0.15) is 0 Å². The molecule has 0 spiro atoms. The summed E-state index contributed by atoms with van der Waals surface area (Å²) < 4.78 is 0. The van der Waals surface area contributed by atoms with Crippen molar-refractivity contribution < 1.29 is 4.79 Å². The molecule has 0 aromatic rings. The van der Waals surface area contributed by atoms with Crippen molar-refractivity contribution in [2.45, 2.75) is 0 Å². The maximum absolute atomic E-state index is 9.98. The van der Waals surface area contributed by atoms with E-state index in [1.165, 1.54) is 5.43 Å². The molecule has 2 N–H and O–H groups in total. The van der Waals surface area contributed by atoms with E-state index in [0.29, 0.717) is 0 Å². The number of amides is 2. The summed E-state index contributed by atoms with van der Waals surface area (Å²) in [6.07, 6.45) is 4.59. The van der Waals surface area contributed by atoms with Gasteiger partial charge in [-0.2, -0.15) is 5.43 Å². The molecule has 5 heteroatoms. The average Bonchev–Trinajstić information content (AvgIpc) is 1.68. The van der Waals surface area contributed by atoms with E-state index in [0.717, 1.165) is 0 Å². The second-order valence-electron chi connectivity index (χ2n) is 0.802. The van der Waals surface area contributed by atoms with Crippen molar-refractivity contribution in [1.29, 1.82) is 0 Å². The second kappa shape index (κ2) is 3.61. The number of nitrogens with one attached hydrogen (secondary N) is 2. The summed E-state index contributed by atoms with van der Waals surface area (Å²) in [4.78, 5) is 19.2. The van der Waals surface area contributed by atoms with Gasteiger partial charge in [0.25, 0.3) is 0 Å². The van der Waals surface area contributed by atoms with E-state index in [1.54, 1.807) is 6.04 Å². The van der Waals surface area contributed by atoms with Crippen LogP contribution in [0.3, 0.4) is 0 Å². The van der Waals surface area contributed by atoms with Crippen LogP contribution in [0.25, 0.3) is 0 Å². The molecule has 0 radical (unpaired) electrons. The van der Waals surface area contributed by atoms with Crippen LogP contribution in [0.15, 0.2) is 5.29 Å². The van der Waals surface area contributed by atoms with Gasteiger partial charge in [0.15, 0.2) is 0 Å². The van der Waals surface area contributed by atoms with E-state index in [4.69, 9.17) is 0 Å². The number of rotatable bonds is 1. The zero-order valence-electron chi connectivity index (χ0n) is 3.84. The van der Waals surface area contributed by atoms with Crippen molar-refractivity contribution >= 4 is 6.03 Å². The summed E-state index contributed by atoms with van der Waals surface area (Å²) in [6, 6.07) is 0.988. The first kappa shape index (κ1) is 6.43. The van der Waals surface area contributed by atoms with Gasteiger partial charge in [0.2, 0.25) is 0 Å². The molecule has 2 amide bonds. The molecule has 42 valence electrons. The number of terminal acetylenes is 1. The summed E-state index contributed by atoms with van der Waals surface area (Å²) in [5.74, 6) is 0. The number of nitrogens with zero attached hydrogens (tertiary/aromatic N) is 1. The lowest BCUT2D eigenvalue weighted by Crippen LogP contribution is -2.27. The smallest absolute Gasteiger partial charge is 0.265 e. The number of carbonyl (C=O) groups excluding carboxylic acids is 1. The molecule has 0 aromatic heterocycles. The minimum Gasteiger partial charge on any atom is -0.265 e. The SMILES string of the molecule is C#CNC(=O)NN=O. The topological polar surface area (TPSA) is 70.6 Å². The van der Waals surface area contributed by atoms with E-state index < -0.39 is 6.03 Å². The molecule has 0 heterocycles. The van der Waals surface area contributed by atoms with Gasteiger partial charge < -0.3 is 0 Å². The Morgan fingerprint density at radius 3 is 2.75 bits per heavy atom. The first-order chi connectivity index (χ1) is 3.81. The van der Waals surface area contributed by atoms with Gasteiger partial charge in [-0.15, -0.1) is 4.91 Å². The van der Waals surface area contributed by atoms with E-state index in [1.807, 2.05) is 10.6 Å². The highest BCUT2D eigenvalue weighted by molar-refractivity contribution is 5.75. The van der Waals surface area contributed by atoms with Crippen molar-refractivity contribution in [3.05, 3.63) is 4.91 Å². The van der Waals surface area contributed by atoms with E-state index in [2.05, 4.69) is 6.42 Å². The summed E-state index contributed by atoms with van der Waals surface area (Å²) in [5.41, 5.74) is 1.52. The van der Waals surface area contributed by atoms with Gasteiger partial charge in [-0.3, -0.25) is 5.32 Å². The minimum atomic E-state index is -0.803. The maximum Gasteiger partial charge on any atom is 0.349 e. The molecular formula is C3H3N3O2. The lowest BCUT2D eigenvalue weighted by atomic mass is 11.0. The summed E-state index contributed by atoms with van der Waals surface area (Å²) >= 11 is 0. The lowest BCUT2D eigenvalue weighted by molar-refractivity contribution is 0.245. The largest absolute Gasteiger partial charge is 0.349 e. The quantitative estimate of drug-likeness (QED) is 0.209. The Hall–Kier alpha value is -1.57. The number of hydrogen-bond acceptors (Lipinski definition) is 3. The van der Waals surface area contributed by atoms with Crippen LogP contribution in [0, 0.1) is 17.4 Å². The fourth-order valence-corrected chi connectivity index (χ4v) is 0.135. The molecule has 0 atom stereocenters. The number of nitroso groups, excluding NO2 is 1. The third-order valence-corrected chi connectivity index (χ3v) is 0.333. The van der Waals surface area contributed by atoms with Crippen LogP contribution in [-0.2, 0) is 0 Å². The van der Waals surface area contributed by atoms with Crippen LogP contribution in [0.4, 0.5) is 4.79 Å². The predicted octanol–water partition coefficient (Wildman–Crippen LogP) is -0.442. The van der Waals surface area contributed by atoms with Gasteiger partial charge in [0.05, 0.1) is 5.29 Å². The molecule has 0 saturated heterocycles. The van der Waals surface area contributed by atoms with Crippen LogP contribution in [0.1, 0.15) is 0 Å². The molecular weight excluding hydrogens is 110 g/mol. The van der Waals surface area contributed by atoms with E-state index >= 15 is 0 Å². The van der Waals surface area contributed by atoms with E-state index in [-0.39, 0.29) is 0 Å². The van der Waals surface area contributed by atoms with Crippen molar-refractivity contribution in [1.82, 2.24) is 10.7 Å². The highest BCUT2D eigenvalue weighted by atomic mass is 16.3. The van der Waals surface area contributed by atoms with Gasteiger partial charge in [-0.25, -0.2) is 4.79 Å². The predicted molar refractivity (Wildman–Crippen MR) is 26.3 cm³/mol. The Morgan fingerprint density at radius 1 is 1.75 bits per heavy atom. The molecule has 0 bridgehead atoms. The van der Waals surface area contributed by atoms with E-state index in [9.17, 15) is 9.70 Å². The van der Waals surface area contributed by atoms with Crippen LogP contribution in [0.5, 0.6) is 0 Å². The number of urea groups is 1. The first-order valence-electron chi connectivity index (χ1n) is 1.65. The Labute approximate surface area is 45.4 Å². The Bertz CT molecular complexity index is 136. The third kappa shape index (κ3) is 2.66. The molecule has 0 aliphatic rings. The fraction of sp³-hybridized carbons (Fsp3) is 0. The first-order valence-corrected chi connectivity index (χ1v) is 1.65. The molecule has 0 saturated carbocycles. The number of hydrogen-bond donors (Lipinski definition) is 2. The van der Waals surface area contributed by atoms with Crippen molar-refractivity contribution in [2.75, 3.05) is 0 Å². The molecule has 5 nitrogen and oxygen atoms in total. The van der Waals surface area contributed by atoms with Gasteiger partial charge in [-0.1, -0.05) is 6.42 Å². The zero-order chi connectivity index (χ0) is 6.41. The molecule has 8 heavy (non-hydrogen) atoms. The third-order valence-electron chi connectivity index (χ3n) is 0.333. The van der Waals surface area contributed by atoms with Crippen molar-refractivity contribution in [3.63, 3.8) is 0 Å². The molecule has 0 unspecified atom stereocenters. The zero-order valence-corrected chi connectivity index (χ0v) is 3.84. The van der Waals surface area contributed by atoms with Gasteiger partial charge in [0, 0.05) is 6.04 Å². The average molecular weight is 113 g/mol. The molecule has 0 aliphatic heterocycles. The number of carbonyl (C=O) groups is 1. The van der Waals surface area contributed by atoms with Crippen LogP contribution in [-0.4, -0.2) is 6.03 Å². The van der Waals surface area contributed by atoms with Crippen LogP contribution >= 0.6 is 0 Å². The second-order valence-corrected chi connectivity index (χ2v) is 0.802. The normalized spacial score (nSPS) is 6.38. The summed E-state index contributed by atoms with van der Waals surface area (Å²) in [7, 11) is 0.